The highest BCUT2D eigenvalue weighted by Crippen LogP contribution is 2.24. The van der Waals surface area contributed by atoms with Gasteiger partial charge in [-0.1, -0.05) is 36.4 Å². The topological polar surface area (TPSA) is 84.9 Å². The number of hydrogen-bond acceptors (Lipinski definition) is 4. The SMILES string of the molecule is CC(CNC(=O)c1cccc(OCC2CCCO2)c1)(C(=O)O)c1ccccc1. The van der Waals surface area contributed by atoms with Crippen LogP contribution < -0.4 is 10.1 Å². The van der Waals surface area contributed by atoms with E-state index in [0.29, 0.717) is 23.5 Å². The normalized spacial score (nSPS) is 18.2. The number of aliphatic carboxylic acids is 1. The zero-order valence-electron chi connectivity index (χ0n) is 15.9. The molecule has 1 aliphatic rings. The van der Waals surface area contributed by atoms with Crippen molar-refractivity contribution < 1.29 is 24.2 Å². The molecule has 0 aliphatic carbocycles. The number of benzene rings is 2. The van der Waals surface area contributed by atoms with Crippen LogP contribution in [0.15, 0.2) is 54.6 Å². The number of carbonyl (C=O) groups excluding carboxylic acids is 1. The molecule has 2 aromatic rings. The van der Waals surface area contributed by atoms with Gasteiger partial charge in [0.25, 0.3) is 5.91 Å². The fourth-order valence-electron chi connectivity index (χ4n) is 3.16. The Labute approximate surface area is 164 Å². The Morgan fingerprint density at radius 3 is 2.68 bits per heavy atom. The molecular formula is C22H25NO5. The zero-order chi connectivity index (χ0) is 20.0. The van der Waals surface area contributed by atoms with Crippen LogP contribution in [0.4, 0.5) is 0 Å². The van der Waals surface area contributed by atoms with Crippen molar-refractivity contribution >= 4 is 11.9 Å². The van der Waals surface area contributed by atoms with Gasteiger partial charge >= 0.3 is 5.97 Å². The summed E-state index contributed by atoms with van der Waals surface area (Å²) in [6.45, 7) is 2.80. The van der Waals surface area contributed by atoms with Gasteiger partial charge in [-0.25, -0.2) is 0 Å². The molecule has 0 saturated carbocycles. The smallest absolute Gasteiger partial charge is 0.315 e. The van der Waals surface area contributed by atoms with E-state index in [1.165, 1.54) is 0 Å². The van der Waals surface area contributed by atoms with Crippen molar-refractivity contribution in [3.8, 4) is 5.75 Å². The average Bonchev–Trinajstić information content (AvgIpc) is 3.24. The molecule has 1 saturated heterocycles. The first-order valence-corrected chi connectivity index (χ1v) is 9.40. The number of amides is 1. The molecule has 0 bridgehead atoms. The molecule has 28 heavy (non-hydrogen) atoms. The number of rotatable bonds is 8. The van der Waals surface area contributed by atoms with E-state index in [1.807, 2.05) is 6.07 Å². The number of nitrogens with one attached hydrogen (secondary N) is 1. The van der Waals surface area contributed by atoms with Crippen molar-refractivity contribution in [1.82, 2.24) is 5.32 Å². The van der Waals surface area contributed by atoms with Crippen molar-refractivity contribution in [1.29, 1.82) is 0 Å². The number of hydrogen-bond donors (Lipinski definition) is 2. The van der Waals surface area contributed by atoms with Crippen molar-refractivity contribution in [2.24, 2.45) is 0 Å². The fraction of sp³-hybridized carbons (Fsp3) is 0.364. The first kappa shape index (κ1) is 19.9. The van der Waals surface area contributed by atoms with Gasteiger partial charge in [0.2, 0.25) is 0 Å². The van der Waals surface area contributed by atoms with Gasteiger partial charge in [0.1, 0.15) is 17.8 Å². The molecule has 0 aromatic heterocycles. The third-order valence-corrected chi connectivity index (χ3v) is 5.04. The second kappa shape index (κ2) is 8.89. The van der Waals surface area contributed by atoms with E-state index in [9.17, 15) is 14.7 Å². The van der Waals surface area contributed by atoms with Gasteiger partial charge in [-0.05, 0) is 43.5 Å². The first-order chi connectivity index (χ1) is 13.5. The van der Waals surface area contributed by atoms with Crippen LogP contribution in [0.2, 0.25) is 0 Å². The fourth-order valence-corrected chi connectivity index (χ4v) is 3.16. The van der Waals surface area contributed by atoms with Gasteiger partial charge < -0.3 is 19.9 Å². The Balaban J connectivity index is 1.63. The number of carboxylic acids is 1. The van der Waals surface area contributed by atoms with Crippen LogP contribution in [0.25, 0.3) is 0 Å². The van der Waals surface area contributed by atoms with Gasteiger partial charge in [-0.3, -0.25) is 9.59 Å². The summed E-state index contributed by atoms with van der Waals surface area (Å²) in [5.41, 5.74) is -0.160. The Hall–Kier alpha value is -2.86. The minimum absolute atomic E-state index is 0.0216. The Bertz CT molecular complexity index is 817. The van der Waals surface area contributed by atoms with Crippen molar-refractivity contribution in [3.05, 3.63) is 65.7 Å². The van der Waals surface area contributed by atoms with Crippen LogP contribution in [0, 0.1) is 0 Å². The lowest BCUT2D eigenvalue weighted by Gasteiger charge is -2.25. The summed E-state index contributed by atoms with van der Waals surface area (Å²) in [6.07, 6.45) is 2.12. The Morgan fingerprint density at radius 2 is 2.00 bits per heavy atom. The van der Waals surface area contributed by atoms with Crippen LogP contribution in [0.5, 0.6) is 5.75 Å². The highest BCUT2D eigenvalue weighted by molar-refractivity contribution is 5.95. The first-order valence-electron chi connectivity index (χ1n) is 9.40. The van der Waals surface area contributed by atoms with Crippen molar-refractivity contribution in [2.45, 2.75) is 31.3 Å². The molecule has 3 rings (SSSR count). The molecule has 2 aromatic carbocycles. The Kier molecular flexibility index (Phi) is 6.31. The average molecular weight is 383 g/mol. The molecule has 1 amide bonds. The maximum atomic E-state index is 12.6. The molecule has 1 heterocycles. The molecule has 6 heteroatoms. The van der Waals surface area contributed by atoms with Gasteiger partial charge in [0.05, 0.1) is 6.10 Å². The van der Waals surface area contributed by atoms with E-state index >= 15 is 0 Å². The molecule has 2 atom stereocenters. The van der Waals surface area contributed by atoms with Gasteiger partial charge in [-0.2, -0.15) is 0 Å². The van der Waals surface area contributed by atoms with E-state index in [0.717, 1.165) is 19.4 Å². The molecule has 0 radical (unpaired) electrons. The van der Waals surface area contributed by atoms with Crippen LogP contribution in [0.3, 0.4) is 0 Å². The lowest BCUT2D eigenvalue weighted by Crippen LogP contribution is -2.44. The second-order valence-corrected chi connectivity index (χ2v) is 7.16. The van der Waals surface area contributed by atoms with Gasteiger partial charge in [0, 0.05) is 18.7 Å². The summed E-state index contributed by atoms with van der Waals surface area (Å²) in [5, 5.41) is 12.4. The van der Waals surface area contributed by atoms with Crippen molar-refractivity contribution in [3.63, 3.8) is 0 Å². The molecule has 0 spiro atoms. The highest BCUT2D eigenvalue weighted by atomic mass is 16.5. The van der Waals surface area contributed by atoms with Crippen LogP contribution in [0.1, 0.15) is 35.7 Å². The minimum atomic E-state index is -1.22. The van der Waals surface area contributed by atoms with E-state index in [1.54, 1.807) is 55.5 Å². The van der Waals surface area contributed by atoms with Crippen molar-refractivity contribution in [2.75, 3.05) is 19.8 Å². The van der Waals surface area contributed by atoms with E-state index in [-0.39, 0.29) is 18.6 Å². The van der Waals surface area contributed by atoms with Gasteiger partial charge in [-0.15, -0.1) is 0 Å². The lowest BCUT2D eigenvalue weighted by atomic mass is 9.82. The largest absolute Gasteiger partial charge is 0.491 e. The Morgan fingerprint density at radius 1 is 1.21 bits per heavy atom. The summed E-state index contributed by atoms with van der Waals surface area (Å²) in [5.74, 6) is -0.745. The predicted octanol–water partition coefficient (Wildman–Crippen LogP) is 3.02. The summed E-state index contributed by atoms with van der Waals surface area (Å²) in [7, 11) is 0. The molecule has 2 N–H and O–H groups in total. The standard InChI is InChI=1S/C22H25NO5/c1-22(21(25)26,17-8-3-2-4-9-17)15-23-20(24)16-7-5-10-18(13-16)28-14-19-11-6-12-27-19/h2-5,7-10,13,19H,6,11-12,14-15H2,1H3,(H,23,24)(H,25,26). The highest BCUT2D eigenvalue weighted by Gasteiger charge is 2.35. The minimum Gasteiger partial charge on any atom is -0.491 e. The maximum Gasteiger partial charge on any atom is 0.315 e. The summed E-state index contributed by atoms with van der Waals surface area (Å²) >= 11 is 0. The number of carbonyl (C=O) groups is 2. The summed E-state index contributed by atoms with van der Waals surface area (Å²) in [6, 6.07) is 15.8. The van der Waals surface area contributed by atoms with E-state index in [2.05, 4.69) is 5.32 Å². The van der Waals surface area contributed by atoms with Crippen LogP contribution >= 0.6 is 0 Å². The van der Waals surface area contributed by atoms with Crippen LogP contribution in [-0.4, -0.2) is 42.8 Å². The molecule has 148 valence electrons. The molecule has 1 aliphatic heterocycles. The maximum absolute atomic E-state index is 12.6. The number of carboxylic acid groups (broad SMARTS) is 1. The molecule has 6 nitrogen and oxygen atoms in total. The zero-order valence-corrected chi connectivity index (χ0v) is 15.9. The monoisotopic (exact) mass is 383 g/mol. The van der Waals surface area contributed by atoms with E-state index < -0.39 is 11.4 Å². The van der Waals surface area contributed by atoms with E-state index in [4.69, 9.17) is 9.47 Å². The number of ether oxygens (including phenoxy) is 2. The second-order valence-electron chi connectivity index (χ2n) is 7.16. The summed E-state index contributed by atoms with van der Waals surface area (Å²) < 4.78 is 11.3. The van der Waals surface area contributed by atoms with Gasteiger partial charge in [0.15, 0.2) is 0 Å². The third kappa shape index (κ3) is 4.70. The predicted molar refractivity (Wildman–Crippen MR) is 105 cm³/mol. The lowest BCUT2D eigenvalue weighted by molar-refractivity contribution is -0.142. The quantitative estimate of drug-likeness (QED) is 0.732. The third-order valence-electron chi connectivity index (χ3n) is 5.04. The van der Waals surface area contributed by atoms with Crippen LogP contribution in [-0.2, 0) is 14.9 Å². The molecule has 1 fully saturated rings. The molecular weight excluding hydrogens is 358 g/mol. The molecule has 2 unspecified atom stereocenters. The summed E-state index contributed by atoms with van der Waals surface area (Å²) in [4.78, 5) is 24.4.